The van der Waals surface area contributed by atoms with E-state index < -0.39 is 0 Å². The Morgan fingerprint density at radius 1 is 1.24 bits per heavy atom. The molecule has 172 valence electrons. The first-order chi connectivity index (χ1) is 15.9. The van der Waals surface area contributed by atoms with E-state index in [4.69, 9.17) is 21.7 Å². The number of fused-ring (bicyclic) bond motifs is 1. The molecule has 0 aliphatic carbocycles. The van der Waals surface area contributed by atoms with Gasteiger partial charge in [0.2, 0.25) is 12.7 Å². The molecule has 0 spiro atoms. The van der Waals surface area contributed by atoms with Crippen LogP contribution in [-0.4, -0.2) is 59.4 Å². The monoisotopic (exact) mass is 483 g/mol. The van der Waals surface area contributed by atoms with Crippen molar-refractivity contribution >= 4 is 46.2 Å². The normalized spacial score (nSPS) is 16.2. The molecule has 2 amide bonds. The van der Waals surface area contributed by atoms with Crippen LogP contribution in [0.25, 0.3) is 6.08 Å². The molecule has 0 unspecified atom stereocenters. The van der Waals surface area contributed by atoms with Crippen LogP contribution < -0.4 is 14.8 Å². The molecule has 2 heterocycles. The van der Waals surface area contributed by atoms with Gasteiger partial charge >= 0.3 is 0 Å². The number of thiocarbonyl (C=S) groups is 1. The number of ether oxygens (including phenoxy) is 2. The lowest BCUT2D eigenvalue weighted by atomic mass is 10.1. The largest absolute Gasteiger partial charge is 0.454 e. The predicted octanol–water partition coefficient (Wildman–Crippen LogP) is 3.17. The molecule has 7 nitrogen and oxygen atoms in total. The van der Waals surface area contributed by atoms with Crippen molar-refractivity contribution in [2.45, 2.75) is 13.5 Å². The minimum absolute atomic E-state index is 0.0903. The Morgan fingerprint density at radius 2 is 2.03 bits per heavy atom. The first-order valence-corrected chi connectivity index (χ1v) is 11.8. The van der Waals surface area contributed by atoms with Crippen molar-refractivity contribution in [1.82, 2.24) is 15.1 Å². The first-order valence-electron chi connectivity index (χ1n) is 10.6. The number of benzene rings is 2. The van der Waals surface area contributed by atoms with E-state index in [0.29, 0.717) is 40.4 Å². The van der Waals surface area contributed by atoms with Gasteiger partial charge in [-0.25, -0.2) is 0 Å². The van der Waals surface area contributed by atoms with Crippen molar-refractivity contribution in [3.05, 3.63) is 64.1 Å². The van der Waals surface area contributed by atoms with E-state index in [1.165, 1.54) is 27.8 Å². The molecule has 4 rings (SSSR count). The second-order valence-electron chi connectivity index (χ2n) is 7.89. The fourth-order valence-corrected chi connectivity index (χ4v) is 4.90. The summed E-state index contributed by atoms with van der Waals surface area (Å²) in [6.07, 6.45) is 1.79. The molecule has 9 heteroatoms. The van der Waals surface area contributed by atoms with Gasteiger partial charge in [-0.1, -0.05) is 54.3 Å². The van der Waals surface area contributed by atoms with Crippen LogP contribution in [0.15, 0.2) is 47.4 Å². The van der Waals surface area contributed by atoms with E-state index in [2.05, 4.69) is 24.4 Å². The molecule has 2 aliphatic rings. The van der Waals surface area contributed by atoms with Gasteiger partial charge in [0.25, 0.3) is 5.91 Å². The van der Waals surface area contributed by atoms with Crippen molar-refractivity contribution in [2.24, 2.45) is 0 Å². The highest BCUT2D eigenvalue weighted by Gasteiger charge is 2.31. The second-order valence-corrected chi connectivity index (χ2v) is 9.57. The van der Waals surface area contributed by atoms with Crippen molar-refractivity contribution in [3.8, 4) is 11.5 Å². The number of amides is 2. The zero-order chi connectivity index (χ0) is 23.4. The van der Waals surface area contributed by atoms with Crippen molar-refractivity contribution in [2.75, 3.05) is 33.5 Å². The Morgan fingerprint density at radius 3 is 2.85 bits per heavy atom. The Hall–Kier alpha value is -2.88. The number of thioether (sulfide) groups is 1. The highest BCUT2D eigenvalue weighted by atomic mass is 32.2. The molecule has 0 aromatic heterocycles. The highest BCUT2D eigenvalue weighted by Crippen LogP contribution is 2.36. The van der Waals surface area contributed by atoms with Crippen molar-refractivity contribution < 1.29 is 19.1 Å². The molecule has 0 radical (unpaired) electrons. The number of nitrogens with zero attached hydrogens (tertiary/aromatic N) is 2. The summed E-state index contributed by atoms with van der Waals surface area (Å²) in [4.78, 5) is 29.2. The summed E-state index contributed by atoms with van der Waals surface area (Å²) in [7, 11) is 1.91. The molecule has 0 bridgehead atoms. The number of carbonyl (C=O) groups excluding carboxylic acids is 2. The molecule has 1 N–H and O–H groups in total. The van der Waals surface area contributed by atoms with Crippen LogP contribution in [0.3, 0.4) is 0 Å². The number of hydrogen-bond donors (Lipinski definition) is 1. The third kappa shape index (κ3) is 5.73. The summed E-state index contributed by atoms with van der Waals surface area (Å²) in [6, 6.07) is 13.7. The lowest BCUT2D eigenvalue weighted by Gasteiger charge is -2.19. The Labute approximate surface area is 202 Å². The van der Waals surface area contributed by atoms with E-state index in [0.717, 1.165) is 5.56 Å². The highest BCUT2D eigenvalue weighted by molar-refractivity contribution is 8.26. The van der Waals surface area contributed by atoms with Crippen LogP contribution in [0.4, 0.5) is 0 Å². The SMILES string of the molecule is Cc1ccccc1CN(C)CC(=O)NCCN1C(=O)/C(=C/c2ccc3c(c2)OCO3)SC1=S. The maximum Gasteiger partial charge on any atom is 0.266 e. The van der Waals surface area contributed by atoms with Gasteiger partial charge in [0, 0.05) is 19.6 Å². The van der Waals surface area contributed by atoms with E-state index in [-0.39, 0.29) is 25.2 Å². The van der Waals surface area contributed by atoms with Crippen LogP contribution in [0, 0.1) is 6.92 Å². The lowest BCUT2D eigenvalue weighted by molar-refractivity contribution is -0.124. The molecule has 0 saturated carbocycles. The molecule has 2 aromatic carbocycles. The number of nitrogens with one attached hydrogen (secondary N) is 1. The van der Waals surface area contributed by atoms with Gasteiger partial charge in [0.05, 0.1) is 11.4 Å². The zero-order valence-corrected chi connectivity index (χ0v) is 20.1. The second kappa shape index (κ2) is 10.4. The van der Waals surface area contributed by atoms with Gasteiger partial charge in [-0.3, -0.25) is 19.4 Å². The fourth-order valence-electron chi connectivity index (χ4n) is 3.59. The average molecular weight is 484 g/mol. The molecule has 0 atom stereocenters. The molecular weight excluding hydrogens is 458 g/mol. The third-order valence-electron chi connectivity index (χ3n) is 5.34. The molecule has 1 fully saturated rings. The summed E-state index contributed by atoms with van der Waals surface area (Å²) >= 11 is 6.64. The minimum atomic E-state index is -0.159. The van der Waals surface area contributed by atoms with Gasteiger partial charge in [-0.2, -0.15) is 0 Å². The van der Waals surface area contributed by atoms with Crippen molar-refractivity contribution in [1.29, 1.82) is 0 Å². The fraction of sp³-hybridized carbons (Fsp3) is 0.292. The standard InChI is InChI=1S/C24H25N3O4S2/c1-16-5-3-4-6-18(16)13-26(2)14-22(28)25-9-10-27-23(29)21(33-24(27)32)12-17-7-8-19-20(11-17)31-15-30-19/h3-8,11-12H,9-10,13-15H2,1-2H3,(H,25,28)/b21-12-. The zero-order valence-electron chi connectivity index (χ0n) is 18.5. The van der Waals surface area contributed by atoms with Crippen LogP contribution in [0.1, 0.15) is 16.7 Å². The van der Waals surface area contributed by atoms with E-state index >= 15 is 0 Å². The topological polar surface area (TPSA) is 71.1 Å². The maximum absolute atomic E-state index is 12.8. The molecule has 2 aromatic rings. The maximum atomic E-state index is 12.8. The van der Waals surface area contributed by atoms with E-state index in [1.54, 1.807) is 6.08 Å². The molecule has 33 heavy (non-hydrogen) atoms. The quantitative estimate of drug-likeness (QED) is 0.457. The van der Waals surface area contributed by atoms with Crippen LogP contribution >= 0.6 is 24.0 Å². The summed E-state index contributed by atoms with van der Waals surface area (Å²) in [5.74, 6) is 1.11. The summed E-state index contributed by atoms with van der Waals surface area (Å²) < 4.78 is 11.2. The van der Waals surface area contributed by atoms with Crippen LogP contribution in [0.5, 0.6) is 11.5 Å². The van der Waals surface area contributed by atoms with Gasteiger partial charge in [-0.05, 0) is 48.9 Å². The summed E-state index contributed by atoms with van der Waals surface area (Å²) in [6.45, 7) is 3.90. The number of rotatable bonds is 8. The van der Waals surface area contributed by atoms with E-state index in [9.17, 15) is 9.59 Å². The molecule has 2 aliphatic heterocycles. The average Bonchev–Trinajstić information content (AvgIpc) is 3.34. The first kappa shape index (κ1) is 23.3. The van der Waals surface area contributed by atoms with Gasteiger partial charge in [-0.15, -0.1) is 0 Å². The predicted molar refractivity (Wildman–Crippen MR) is 133 cm³/mol. The van der Waals surface area contributed by atoms with Gasteiger partial charge < -0.3 is 14.8 Å². The smallest absolute Gasteiger partial charge is 0.266 e. The van der Waals surface area contributed by atoms with Crippen molar-refractivity contribution in [3.63, 3.8) is 0 Å². The molecule has 1 saturated heterocycles. The summed E-state index contributed by atoms with van der Waals surface area (Å²) in [5.41, 5.74) is 3.23. The van der Waals surface area contributed by atoms with Crippen LogP contribution in [0.2, 0.25) is 0 Å². The van der Waals surface area contributed by atoms with Crippen LogP contribution in [-0.2, 0) is 16.1 Å². The Kier molecular flexibility index (Phi) is 7.32. The number of hydrogen-bond acceptors (Lipinski definition) is 7. The lowest BCUT2D eigenvalue weighted by Crippen LogP contribution is -2.40. The minimum Gasteiger partial charge on any atom is -0.454 e. The third-order valence-corrected chi connectivity index (χ3v) is 6.72. The summed E-state index contributed by atoms with van der Waals surface area (Å²) in [5, 5.41) is 2.88. The Balaban J connectivity index is 1.26. The van der Waals surface area contributed by atoms with Gasteiger partial charge in [0.1, 0.15) is 4.32 Å². The number of likely N-dealkylation sites (N-methyl/N-ethyl adjacent to an activating group) is 1. The van der Waals surface area contributed by atoms with E-state index in [1.807, 2.05) is 42.3 Å². The van der Waals surface area contributed by atoms with Gasteiger partial charge in [0.15, 0.2) is 11.5 Å². The Bertz CT molecular complexity index is 1120. The number of aryl methyl sites for hydroxylation is 1. The molecular formula is C24H25N3O4S2. The number of carbonyl (C=O) groups is 2.